The maximum atomic E-state index is 9.96. The molecule has 1 atom stereocenters. The van der Waals surface area contributed by atoms with Gasteiger partial charge >= 0.3 is 0 Å². The summed E-state index contributed by atoms with van der Waals surface area (Å²) in [5, 5.41) is 19.1. The predicted molar refractivity (Wildman–Crippen MR) is 85.1 cm³/mol. The van der Waals surface area contributed by atoms with E-state index in [-0.39, 0.29) is 12.6 Å². The molecule has 21 heavy (non-hydrogen) atoms. The second-order valence-electron chi connectivity index (χ2n) is 5.26. The number of aromatic hydroxyl groups is 1. The highest BCUT2D eigenvalue weighted by atomic mass is 16.3. The average molecular weight is 285 g/mol. The van der Waals surface area contributed by atoms with E-state index < -0.39 is 0 Å². The molecule has 2 aromatic rings. The van der Waals surface area contributed by atoms with Crippen molar-refractivity contribution >= 4 is 0 Å². The van der Waals surface area contributed by atoms with Gasteiger partial charge in [0.25, 0.3) is 0 Å². The molecule has 0 aliphatic rings. The fourth-order valence-electron chi connectivity index (χ4n) is 2.49. The standard InChI is InChI=1S/C18H23NO2/c1-15(16-8-3-2-4-9-16)19(12-7-13-20)14-17-10-5-6-11-18(17)21/h2-6,8-11,15,20-21H,7,12-14H2,1H3. The minimum Gasteiger partial charge on any atom is -0.508 e. The van der Waals surface area contributed by atoms with Crippen LogP contribution in [0.5, 0.6) is 5.75 Å². The van der Waals surface area contributed by atoms with Gasteiger partial charge in [-0.1, -0.05) is 48.5 Å². The number of aliphatic hydroxyl groups is 1. The number of benzene rings is 2. The lowest BCUT2D eigenvalue weighted by Gasteiger charge is -2.29. The number of phenolic OH excluding ortho intramolecular Hbond substituents is 1. The van der Waals surface area contributed by atoms with Crippen LogP contribution in [0.4, 0.5) is 0 Å². The monoisotopic (exact) mass is 285 g/mol. The van der Waals surface area contributed by atoms with E-state index >= 15 is 0 Å². The third kappa shape index (κ3) is 4.31. The van der Waals surface area contributed by atoms with E-state index in [0.717, 1.165) is 18.5 Å². The molecule has 0 spiro atoms. The maximum absolute atomic E-state index is 9.96. The van der Waals surface area contributed by atoms with Gasteiger partial charge in [0, 0.05) is 31.3 Å². The smallest absolute Gasteiger partial charge is 0.120 e. The highest BCUT2D eigenvalue weighted by Gasteiger charge is 2.16. The van der Waals surface area contributed by atoms with Crippen molar-refractivity contribution in [3.05, 3.63) is 65.7 Å². The zero-order valence-electron chi connectivity index (χ0n) is 12.4. The topological polar surface area (TPSA) is 43.7 Å². The Balaban J connectivity index is 2.16. The fourth-order valence-corrected chi connectivity index (χ4v) is 2.49. The molecule has 2 rings (SSSR count). The molecule has 0 amide bonds. The Labute approximate surface area is 126 Å². The van der Waals surface area contributed by atoms with Crippen LogP contribution in [0.2, 0.25) is 0 Å². The van der Waals surface area contributed by atoms with Crippen LogP contribution in [0.3, 0.4) is 0 Å². The lowest BCUT2D eigenvalue weighted by molar-refractivity contribution is 0.174. The summed E-state index contributed by atoms with van der Waals surface area (Å²) in [6.45, 7) is 3.80. The molecule has 112 valence electrons. The Morgan fingerprint density at radius 2 is 1.67 bits per heavy atom. The lowest BCUT2D eigenvalue weighted by Crippen LogP contribution is -2.28. The SMILES string of the molecule is CC(c1ccccc1)N(CCCO)Cc1ccccc1O. The van der Waals surface area contributed by atoms with Crippen molar-refractivity contribution < 1.29 is 10.2 Å². The molecule has 0 fully saturated rings. The maximum Gasteiger partial charge on any atom is 0.120 e. The van der Waals surface area contributed by atoms with Crippen molar-refractivity contribution in [1.82, 2.24) is 4.90 Å². The number of hydrogen-bond donors (Lipinski definition) is 2. The zero-order valence-corrected chi connectivity index (χ0v) is 12.4. The van der Waals surface area contributed by atoms with Crippen LogP contribution in [0, 0.1) is 0 Å². The summed E-state index contributed by atoms with van der Waals surface area (Å²) >= 11 is 0. The number of para-hydroxylation sites is 1. The summed E-state index contributed by atoms with van der Waals surface area (Å²) in [6.07, 6.45) is 0.727. The van der Waals surface area contributed by atoms with Crippen LogP contribution in [0.15, 0.2) is 54.6 Å². The van der Waals surface area contributed by atoms with Gasteiger partial charge in [0.1, 0.15) is 5.75 Å². The first-order chi connectivity index (χ1) is 10.2. The van der Waals surface area contributed by atoms with Gasteiger partial charge in [0.05, 0.1) is 0 Å². The Bertz CT molecular complexity index is 542. The molecule has 1 unspecified atom stereocenters. The molecule has 0 radical (unpaired) electrons. The molecule has 0 aliphatic heterocycles. The zero-order chi connectivity index (χ0) is 15.1. The quantitative estimate of drug-likeness (QED) is 0.820. The van der Waals surface area contributed by atoms with Crippen LogP contribution in [0.25, 0.3) is 0 Å². The molecule has 0 heterocycles. The fraction of sp³-hybridized carbons (Fsp3) is 0.333. The van der Waals surface area contributed by atoms with Gasteiger partial charge in [-0.05, 0) is 25.0 Å². The minimum atomic E-state index is 0.179. The number of phenols is 1. The molecule has 0 bridgehead atoms. The molecule has 0 aromatic heterocycles. The second-order valence-corrected chi connectivity index (χ2v) is 5.26. The lowest BCUT2D eigenvalue weighted by atomic mass is 10.1. The summed E-state index contributed by atoms with van der Waals surface area (Å²) in [4.78, 5) is 2.28. The van der Waals surface area contributed by atoms with E-state index in [1.807, 2.05) is 36.4 Å². The third-order valence-corrected chi connectivity index (χ3v) is 3.80. The number of rotatable bonds is 7. The number of aliphatic hydroxyl groups excluding tert-OH is 1. The van der Waals surface area contributed by atoms with Crippen molar-refractivity contribution in [1.29, 1.82) is 0 Å². The summed E-state index contributed by atoms with van der Waals surface area (Å²) in [5.41, 5.74) is 2.16. The van der Waals surface area contributed by atoms with E-state index in [4.69, 9.17) is 5.11 Å². The van der Waals surface area contributed by atoms with Gasteiger partial charge in [0.15, 0.2) is 0 Å². The predicted octanol–water partition coefficient (Wildman–Crippen LogP) is 3.34. The van der Waals surface area contributed by atoms with Crippen molar-refractivity contribution in [2.24, 2.45) is 0 Å². The third-order valence-electron chi connectivity index (χ3n) is 3.80. The largest absolute Gasteiger partial charge is 0.508 e. The Morgan fingerprint density at radius 3 is 2.33 bits per heavy atom. The highest BCUT2D eigenvalue weighted by molar-refractivity contribution is 5.32. The molecule has 3 nitrogen and oxygen atoms in total. The van der Waals surface area contributed by atoms with Gasteiger partial charge in [-0.25, -0.2) is 0 Å². The van der Waals surface area contributed by atoms with Crippen molar-refractivity contribution in [2.45, 2.75) is 25.9 Å². The average Bonchev–Trinajstić information content (AvgIpc) is 2.53. The van der Waals surface area contributed by atoms with Gasteiger partial charge in [0.2, 0.25) is 0 Å². The molecular formula is C18H23NO2. The van der Waals surface area contributed by atoms with Crippen LogP contribution < -0.4 is 0 Å². The number of nitrogens with zero attached hydrogens (tertiary/aromatic N) is 1. The van der Waals surface area contributed by atoms with E-state index in [2.05, 4.69) is 24.0 Å². The van der Waals surface area contributed by atoms with Crippen molar-refractivity contribution in [3.8, 4) is 5.75 Å². The van der Waals surface area contributed by atoms with Crippen LogP contribution in [-0.4, -0.2) is 28.3 Å². The van der Waals surface area contributed by atoms with Crippen molar-refractivity contribution in [2.75, 3.05) is 13.2 Å². The van der Waals surface area contributed by atoms with E-state index in [1.165, 1.54) is 5.56 Å². The first kappa shape index (κ1) is 15.5. The van der Waals surface area contributed by atoms with Gasteiger partial charge in [-0.15, -0.1) is 0 Å². The van der Waals surface area contributed by atoms with Gasteiger partial charge < -0.3 is 10.2 Å². The molecule has 2 N–H and O–H groups in total. The summed E-state index contributed by atoms with van der Waals surface area (Å²) in [6, 6.07) is 18.0. The summed E-state index contributed by atoms with van der Waals surface area (Å²) < 4.78 is 0. The van der Waals surface area contributed by atoms with E-state index in [1.54, 1.807) is 6.07 Å². The molecule has 0 aliphatic carbocycles. The van der Waals surface area contributed by atoms with Crippen LogP contribution >= 0.6 is 0 Å². The van der Waals surface area contributed by atoms with Crippen LogP contribution in [0.1, 0.15) is 30.5 Å². The van der Waals surface area contributed by atoms with Crippen molar-refractivity contribution in [3.63, 3.8) is 0 Å². The Morgan fingerprint density at radius 1 is 1.00 bits per heavy atom. The normalized spacial score (nSPS) is 12.5. The molecular weight excluding hydrogens is 262 g/mol. The molecule has 3 heteroatoms. The first-order valence-electron chi connectivity index (χ1n) is 7.39. The van der Waals surface area contributed by atoms with Gasteiger partial charge in [-0.2, -0.15) is 0 Å². The number of hydrogen-bond acceptors (Lipinski definition) is 3. The molecule has 2 aromatic carbocycles. The summed E-state index contributed by atoms with van der Waals surface area (Å²) in [7, 11) is 0. The van der Waals surface area contributed by atoms with E-state index in [0.29, 0.717) is 12.3 Å². The second kappa shape index (κ2) is 7.81. The Kier molecular flexibility index (Phi) is 5.78. The summed E-state index contributed by atoms with van der Waals surface area (Å²) in [5.74, 6) is 0.326. The van der Waals surface area contributed by atoms with Crippen LogP contribution in [-0.2, 0) is 6.54 Å². The van der Waals surface area contributed by atoms with E-state index in [9.17, 15) is 5.11 Å². The molecule has 0 saturated heterocycles. The first-order valence-corrected chi connectivity index (χ1v) is 7.39. The Hall–Kier alpha value is -1.84. The highest BCUT2D eigenvalue weighted by Crippen LogP contribution is 2.25. The minimum absolute atomic E-state index is 0.179. The molecule has 0 saturated carbocycles. The van der Waals surface area contributed by atoms with Gasteiger partial charge in [-0.3, -0.25) is 4.90 Å².